The Balaban J connectivity index is 1.95. The second-order valence-electron chi connectivity index (χ2n) is 5.44. The highest BCUT2D eigenvalue weighted by Gasteiger charge is 2.07. The Kier molecular flexibility index (Phi) is 6.05. The predicted molar refractivity (Wildman–Crippen MR) is 90.1 cm³/mol. The zero-order valence-corrected chi connectivity index (χ0v) is 13.7. The molecule has 1 amide bonds. The second kappa shape index (κ2) is 8.24. The summed E-state index contributed by atoms with van der Waals surface area (Å²) in [7, 11) is 1.58. The maximum atomic E-state index is 11.8. The molecule has 0 atom stereocenters. The Morgan fingerprint density at radius 2 is 1.91 bits per heavy atom. The maximum Gasteiger partial charge on any atom is 0.271 e. The summed E-state index contributed by atoms with van der Waals surface area (Å²) in [4.78, 5) is 20.1. The number of hydrogen-bond acceptors (Lipinski definition) is 5. The van der Waals surface area contributed by atoms with Gasteiger partial charge in [0.25, 0.3) is 5.91 Å². The van der Waals surface area contributed by atoms with Crippen molar-refractivity contribution in [3.05, 3.63) is 47.9 Å². The van der Waals surface area contributed by atoms with E-state index in [0.717, 1.165) is 5.69 Å². The van der Waals surface area contributed by atoms with E-state index in [4.69, 9.17) is 4.74 Å². The minimum absolute atomic E-state index is 0.262. The molecule has 0 aliphatic rings. The van der Waals surface area contributed by atoms with Crippen LogP contribution in [0.4, 0.5) is 11.5 Å². The first-order valence-electron chi connectivity index (χ1n) is 7.56. The summed E-state index contributed by atoms with van der Waals surface area (Å²) in [5, 5.41) is 5.86. The van der Waals surface area contributed by atoms with E-state index in [-0.39, 0.29) is 11.6 Å². The van der Waals surface area contributed by atoms with Crippen LogP contribution < -0.4 is 10.6 Å². The number of nitrogens with zero attached hydrogens (tertiary/aromatic N) is 2. The summed E-state index contributed by atoms with van der Waals surface area (Å²) >= 11 is 0. The van der Waals surface area contributed by atoms with Crippen LogP contribution >= 0.6 is 0 Å². The van der Waals surface area contributed by atoms with Gasteiger partial charge >= 0.3 is 0 Å². The maximum absolute atomic E-state index is 11.8. The SMILES string of the molecule is COCCNC(=O)c1cnc(Nc2ccc(C(C)C)cc2)cn1. The first kappa shape index (κ1) is 16.9. The molecule has 2 N–H and O–H groups in total. The van der Waals surface area contributed by atoms with Gasteiger partial charge in [0, 0.05) is 19.3 Å². The number of hydrogen-bond donors (Lipinski definition) is 2. The normalized spacial score (nSPS) is 10.6. The van der Waals surface area contributed by atoms with Gasteiger partial charge in [0.2, 0.25) is 0 Å². The number of aromatic nitrogens is 2. The average Bonchev–Trinajstić information content (AvgIpc) is 2.56. The van der Waals surface area contributed by atoms with Crippen molar-refractivity contribution >= 4 is 17.4 Å². The van der Waals surface area contributed by atoms with E-state index in [9.17, 15) is 4.79 Å². The number of carbonyl (C=O) groups excluding carboxylic acids is 1. The van der Waals surface area contributed by atoms with Crippen molar-refractivity contribution in [2.45, 2.75) is 19.8 Å². The summed E-state index contributed by atoms with van der Waals surface area (Å²) in [6.45, 7) is 5.22. The van der Waals surface area contributed by atoms with Crippen LogP contribution in [0, 0.1) is 0 Å². The third-order valence-corrected chi connectivity index (χ3v) is 3.33. The van der Waals surface area contributed by atoms with Gasteiger partial charge < -0.3 is 15.4 Å². The molecule has 1 heterocycles. The van der Waals surface area contributed by atoms with Gasteiger partial charge in [-0.25, -0.2) is 9.97 Å². The molecule has 2 aromatic rings. The third-order valence-electron chi connectivity index (χ3n) is 3.33. The average molecular weight is 314 g/mol. The molecule has 0 unspecified atom stereocenters. The molecule has 1 aromatic carbocycles. The number of nitrogens with one attached hydrogen (secondary N) is 2. The highest BCUT2D eigenvalue weighted by Crippen LogP contribution is 2.19. The molecule has 0 bridgehead atoms. The summed E-state index contributed by atoms with van der Waals surface area (Å²) in [5.41, 5.74) is 2.49. The lowest BCUT2D eigenvalue weighted by Gasteiger charge is -2.09. The number of carbonyl (C=O) groups is 1. The van der Waals surface area contributed by atoms with Crippen molar-refractivity contribution in [2.75, 3.05) is 25.6 Å². The predicted octanol–water partition coefficient (Wildman–Crippen LogP) is 2.72. The monoisotopic (exact) mass is 314 g/mol. The molecule has 2 rings (SSSR count). The van der Waals surface area contributed by atoms with Crippen molar-refractivity contribution < 1.29 is 9.53 Å². The van der Waals surface area contributed by atoms with Gasteiger partial charge in [-0.3, -0.25) is 4.79 Å². The largest absolute Gasteiger partial charge is 0.383 e. The molecular weight excluding hydrogens is 292 g/mol. The minimum atomic E-state index is -0.262. The third kappa shape index (κ3) is 5.03. The first-order valence-corrected chi connectivity index (χ1v) is 7.56. The fourth-order valence-electron chi connectivity index (χ4n) is 1.97. The fraction of sp³-hybridized carbons (Fsp3) is 0.353. The van der Waals surface area contributed by atoms with Crippen LogP contribution in [0.2, 0.25) is 0 Å². The molecule has 23 heavy (non-hydrogen) atoms. The number of rotatable bonds is 7. The molecule has 0 saturated carbocycles. The molecule has 0 saturated heterocycles. The molecular formula is C17H22N4O2. The van der Waals surface area contributed by atoms with E-state index in [1.807, 2.05) is 12.1 Å². The van der Waals surface area contributed by atoms with E-state index in [0.29, 0.717) is 24.9 Å². The molecule has 0 aliphatic heterocycles. The summed E-state index contributed by atoms with van der Waals surface area (Å²) in [5.74, 6) is 0.831. The summed E-state index contributed by atoms with van der Waals surface area (Å²) < 4.78 is 4.88. The molecule has 1 aromatic heterocycles. The Hall–Kier alpha value is -2.47. The first-order chi connectivity index (χ1) is 11.1. The smallest absolute Gasteiger partial charge is 0.271 e. The van der Waals surface area contributed by atoms with Crippen LogP contribution in [0.15, 0.2) is 36.7 Å². The van der Waals surface area contributed by atoms with Crippen molar-refractivity contribution in [2.24, 2.45) is 0 Å². The molecule has 0 aliphatic carbocycles. The Labute approximate surface area is 136 Å². The van der Waals surface area contributed by atoms with E-state index in [1.165, 1.54) is 11.8 Å². The van der Waals surface area contributed by atoms with Gasteiger partial charge in [0.1, 0.15) is 11.5 Å². The minimum Gasteiger partial charge on any atom is -0.383 e. The highest BCUT2D eigenvalue weighted by atomic mass is 16.5. The lowest BCUT2D eigenvalue weighted by Crippen LogP contribution is -2.27. The lowest BCUT2D eigenvalue weighted by molar-refractivity contribution is 0.0932. The lowest BCUT2D eigenvalue weighted by atomic mass is 10.0. The van der Waals surface area contributed by atoms with E-state index >= 15 is 0 Å². The molecule has 6 nitrogen and oxygen atoms in total. The van der Waals surface area contributed by atoms with Crippen molar-refractivity contribution in [3.8, 4) is 0 Å². The topological polar surface area (TPSA) is 76.1 Å². The highest BCUT2D eigenvalue weighted by molar-refractivity contribution is 5.92. The zero-order chi connectivity index (χ0) is 16.7. The number of ether oxygens (including phenoxy) is 1. The Bertz CT molecular complexity index is 624. The van der Waals surface area contributed by atoms with Crippen LogP contribution in [0.5, 0.6) is 0 Å². The van der Waals surface area contributed by atoms with Gasteiger partial charge in [0.05, 0.1) is 19.0 Å². The van der Waals surface area contributed by atoms with Gasteiger partial charge in [-0.15, -0.1) is 0 Å². The molecule has 0 spiro atoms. The van der Waals surface area contributed by atoms with Crippen LogP contribution in [0.25, 0.3) is 0 Å². The number of anilines is 2. The standard InChI is InChI=1S/C17H22N4O2/c1-12(2)13-4-6-14(7-5-13)21-16-11-19-15(10-20-16)17(22)18-8-9-23-3/h4-7,10-12H,8-9H2,1-3H3,(H,18,22)(H,20,21). The fourth-order valence-corrected chi connectivity index (χ4v) is 1.97. The van der Waals surface area contributed by atoms with Gasteiger partial charge in [0.15, 0.2) is 0 Å². The van der Waals surface area contributed by atoms with E-state index in [1.54, 1.807) is 13.3 Å². The second-order valence-corrected chi connectivity index (χ2v) is 5.44. The van der Waals surface area contributed by atoms with E-state index < -0.39 is 0 Å². The van der Waals surface area contributed by atoms with Crippen molar-refractivity contribution in [3.63, 3.8) is 0 Å². The number of methoxy groups -OCH3 is 1. The zero-order valence-electron chi connectivity index (χ0n) is 13.7. The van der Waals surface area contributed by atoms with Crippen LogP contribution in [0.3, 0.4) is 0 Å². The molecule has 6 heteroatoms. The quantitative estimate of drug-likeness (QED) is 0.769. The molecule has 122 valence electrons. The summed E-state index contributed by atoms with van der Waals surface area (Å²) in [6.07, 6.45) is 2.99. The molecule has 0 radical (unpaired) electrons. The van der Waals surface area contributed by atoms with Gasteiger partial charge in [-0.05, 0) is 23.6 Å². The Morgan fingerprint density at radius 1 is 1.17 bits per heavy atom. The van der Waals surface area contributed by atoms with Crippen molar-refractivity contribution in [1.29, 1.82) is 0 Å². The van der Waals surface area contributed by atoms with Gasteiger partial charge in [-0.1, -0.05) is 26.0 Å². The van der Waals surface area contributed by atoms with E-state index in [2.05, 4.69) is 46.6 Å². The molecule has 0 fully saturated rings. The van der Waals surface area contributed by atoms with Gasteiger partial charge in [-0.2, -0.15) is 0 Å². The number of benzene rings is 1. The summed E-state index contributed by atoms with van der Waals surface area (Å²) in [6, 6.07) is 8.17. The van der Waals surface area contributed by atoms with Crippen LogP contribution in [-0.4, -0.2) is 36.1 Å². The van der Waals surface area contributed by atoms with Crippen LogP contribution in [-0.2, 0) is 4.74 Å². The van der Waals surface area contributed by atoms with Crippen LogP contribution in [0.1, 0.15) is 35.8 Å². The number of amides is 1. The Morgan fingerprint density at radius 3 is 2.48 bits per heavy atom. The van der Waals surface area contributed by atoms with Crippen molar-refractivity contribution in [1.82, 2.24) is 15.3 Å².